The second kappa shape index (κ2) is 8.23. The first kappa shape index (κ1) is 16.1. The molecule has 2 nitrogen and oxygen atoms in total. The molecule has 0 aromatic heterocycles. The van der Waals surface area contributed by atoms with Crippen LogP contribution in [0.5, 0.6) is 0 Å². The van der Waals surface area contributed by atoms with Crippen molar-refractivity contribution < 1.29 is 0 Å². The summed E-state index contributed by atoms with van der Waals surface area (Å²) in [6.45, 7) is 7.91. The smallest absolute Gasteiger partial charge is 0.0424 e. The highest BCUT2D eigenvalue weighted by molar-refractivity contribution is 6.34. The van der Waals surface area contributed by atoms with Gasteiger partial charge in [-0.15, -0.1) is 0 Å². The van der Waals surface area contributed by atoms with Gasteiger partial charge in [-0.1, -0.05) is 36.5 Å². The average Bonchev–Trinajstić information content (AvgIpc) is 2.38. The van der Waals surface area contributed by atoms with Crippen molar-refractivity contribution in [1.29, 1.82) is 0 Å². The average molecular weight is 315 g/mol. The maximum Gasteiger partial charge on any atom is 0.0424 e. The number of piperidine rings is 1. The van der Waals surface area contributed by atoms with E-state index in [9.17, 15) is 0 Å². The van der Waals surface area contributed by atoms with E-state index in [0.29, 0.717) is 16.0 Å². The van der Waals surface area contributed by atoms with Crippen molar-refractivity contribution in [3.05, 3.63) is 33.8 Å². The highest BCUT2D eigenvalue weighted by Crippen LogP contribution is 2.19. The monoisotopic (exact) mass is 314 g/mol. The lowest BCUT2D eigenvalue weighted by Gasteiger charge is -2.29. The Labute approximate surface area is 132 Å². The molecule has 1 aromatic carbocycles. The second-order valence-corrected chi connectivity index (χ2v) is 6.75. The van der Waals surface area contributed by atoms with Gasteiger partial charge < -0.3 is 10.2 Å². The first-order valence-corrected chi connectivity index (χ1v) is 8.27. The third-order valence-electron chi connectivity index (χ3n) is 3.76. The minimum absolute atomic E-state index is 0.669. The largest absolute Gasteiger partial charge is 0.312 e. The van der Waals surface area contributed by atoms with Crippen LogP contribution in [0.2, 0.25) is 10.0 Å². The molecule has 0 bridgehead atoms. The standard InChI is InChI=1S/C16H24Cl2N2/c1-13(12-20-5-3-2-4-6-20)10-19-11-14-7-15(17)9-16(18)8-14/h7-9,13,19H,2-6,10-12H2,1H3. The molecule has 4 heteroatoms. The van der Waals surface area contributed by atoms with Gasteiger partial charge in [0.25, 0.3) is 0 Å². The Balaban J connectivity index is 1.69. The highest BCUT2D eigenvalue weighted by atomic mass is 35.5. The number of rotatable bonds is 6. The van der Waals surface area contributed by atoms with E-state index in [4.69, 9.17) is 23.2 Å². The zero-order chi connectivity index (χ0) is 14.4. The van der Waals surface area contributed by atoms with Crippen LogP contribution in [0.1, 0.15) is 31.7 Å². The minimum atomic E-state index is 0.669. The van der Waals surface area contributed by atoms with E-state index in [0.717, 1.165) is 18.7 Å². The van der Waals surface area contributed by atoms with Crippen LogP contribution >= 0.6 is 23.2 Å². The Morgan fingerprint density at radius 1 is 1.10 bits per heavy atom. The van der Waals surface area contributed by atoms with Gasteiger partial charge in [-0.2, -0.15) is 0 Å². The molecule has 2 rings (SSSR count). The molecule has 1 unspecified atom stereocenters. The summed E-state index contributed by atoms with van der Waals surface area (Å²) in [6, 6.07) is 5.71. The van der Waals surface area contributed by atoms with Gasteiger partial charge in [0.15, 0.2) is 0 Å². The Hall–Kier alpha value is -0.280. The van der Waals surface area contributed by atoms with Crippen LogP contribution < -0.4 is 5.32 Å². The van der Waals surface area contributed by atoms with E-state index in [1.807, 2.05) is 12.1 Å². The molecule has 112 valence electrons. The van der Waals surface area contributed by atoms with Gasteiger partial charge >= 0.3 is 0 Å². The third kappa shape index (κ3) is 5.61. The van der Waals surface area contributed by atoms with Crippen molar-refractivity contribution in [1.82, 2.24) is 10.2 Å². The zero-order valence-corrected chi connectivity index (χ0v) is 13.7. The summed E-state index contributed by atoms with van der Waals surface area (Å²) in [7, 11) is 0. The molecule has 1 aromatic rings. The van der Waals surface area contributed by atoms with E-state index in [1.165, 1.54) is 38.9 Å². The lowest BCUT2D eigenvalue weighted by atomic mass is 10.1. The molecule has 1 saturated heterocycles. The highest BCUT2D eigenvalue weighted by Gasteiger charge is 2.13. The Morgan fingerprint density at radius 2 is 1.75 bits per heavy atom. The van der Waals surface area contributed by atoms with Gasteiger partial charge in [-0.3, -0.25) is 0 Å². The lowest BCUT2D eigenvalue weighted by molar-refractivity contribution is 0.199. The normalized spacial score (nSPS) is 18.1. The van der Waals surface area contributed by atoms with E-state index >= 15 is 0 Å². The zero-order valence-electron chi connectivity index (χ0n) is 12.2. The summed E-state index contributed by atoms with van der Waals surface area (Å²) in [6.07, 6.45) is 4.13. The van der Waals surface area contributed by atoms with Crippen molar-refractivity contribution in [3.63, 3.8) is 0 Å². The summed E-state index contributed by atoms with van der Waals surface area (Å²) < 4.78 is 0. The Bertz CT molecular complexity index is 397. The van der Waals surface area contributed by atoms with Gasteiger partial charge in [0.1, 0.15) is 0 Å². The topological polar surface area (TPSA) is 15.3 Å². The molecule has 1 heterocycles. The van der Waals surface area contributed by atoms with Crippen molar-refractivity contribution in [2.75, 3.05) is 26.2 Å². The Morgan fingerprint density at radius 3 is 2.40 bits per heavy atom. The fourth-order valence-corrected chi connectivity index (χ4v) is 3.39. The quantitative estimate of drug-likeness (QED) is 0.846. The van der Waals surface area contributed by atoms with Crippen molar-refractivity contribution in [2.24, 2.45) is 5.92 Å². The van der Waals surface area contributed by atoms with Gasteiger partial charge in [0, 0.05) is 23.1 Å². The number of halogens is 2. The maximum atomic E-state index is 6.00. The van der Waals surface area contributed by atoms with Gasteiger partial charge in [0.2, 0.25) is 0 Å². The summed E-state index contributed by atoms with van der Waals surface area (Å²) in [5, 5.41) is 4.91. The molecule has 0 radical (unpaired) electrons. The van der Waals surface area contributed by atoms with Gasteiger partial charge in [-0.05, 0) is 62.2 Å². The molecule has 0 amide bonds. The summed E-state index contributed by atoms with van der Waals surface area (Å²) in [5.41, 5.74) is 1.15. The van der Waals surface area contributed by atoms with Crippen molar-refractivity contribution in [2.45, 2.75) is 32.7 Å². The van der Waals surface area contributed by atoms with E-state index in [1.54, 1.807) is 6.07 Å². The lowest BCUT2D eigenvalue weighted by Crippen LogP contribution is -2.36. The van der Waals surface area contributed by atoms with E-state index in [-0.39, 0.29) is 0 Å². The van der Waals surface area contributed by atoms with Gasteiger partial charge in [-0.25, -0.2) is 0 Å². The molecule has 0 aliphatic carbocycles. The Kier molecular flexibility index (Phi) is 6.63. The van der Waals surface area contributed by atoms with Crippen molar-refractivity contribution >= 4 is 23.2 Å². The molecule has 1 atom stereocenters. The first-order valence-electron chi connectivity index (χ1n) is 7.51. The molecule has 1 aliphatic rings. The van der Waals surface area contributed by atoms with Gasteiger partial charge in [0.05, 0.1) is 0 Å². The van der Waals surface area contributed by atoms with Crippen LogP contribution in [-0.4, -0.2) is 31.1 Å². The summed E-state index contributed by atoms with van der Waals surface area (Å²) >= 11 is 12.0. The van der Waals surface area contributed by atoms with Crippen LogP contribution in [0.15, 0.2) is 18.2 Å². The molecule has 0 saturated carbocycles. The molecule has 1 fully saturated rings. The number of nitrogens with zero attached hydrogens (tertiary/aromatic N) is 1. The third-order valence-corrected chi connectivity index (χ3v) is 4.20. The predicted octanol–water partition coefficient (Wildman–Crippen LogP) is 4.21. The van der Waals surface area contributed by atoms with E-state index < -0.39 is 0 Å². The number of hydrogen-bond donors (Lipinski definition) is 1. The molecular formula is C16H24Cl2N2. The molecule has 20 heavy (non-hydrogen) atoms. The number of nitrogens with one attached hydrogen (secondary N) is 1. The van der Waals surface area contributed by atoms with Crippen LogP contribution in [-0.2, 0) is 6.54 Å². The van der Waals surface area contributed by atoms with Crippen LogP contribution in [0.3, 0.4) is 0 Å². The summed E-state index contributed by atoms with van der Waals surface area (Å²) in [5.74, 6) is 0.669. The number of benzene rings is 1. The summed E-state index contributed by atoms with van der Waals surface area (Å²) in [4.78, 5) is 2.59. The van der Waals surface area contributed by atoms with Crippen LogP contribution in [0, 0.1) is 5.92 Å². The molecule has 1 N–H and O–H groups in total. The molecule has 1 aliphatic heterocycles. The number of likely N-dealkylation sites (tertiary alicyclic amines) is 1. The second-order valence-electron chi connectivity index (χ2n) is 5.88. The fraction of sp³-hybridized carbons (Fsp3) is 0.625. The molecular weight excluding hydrogens is 291 g/mol. The first-order chi connectivity index (χ1) is 9.63. The maximum absolute atomic E-state index is 6.00. The van der Waals surface area contributed by atoms with E-state index in [2.05, 4.69) is 17.1 Å². The number of hydrogen-bond acceptors (Lipinski definition) is 2. The predicted molar refractivity (Wildman–Crippen MR) is 87.6 cm³/mol. The minimum Gasteiger partial charge on any atom is -0.312 e. The van der Waals surface area contributed by atoms with Crippen molar-refractivity contribution in [3.8, 4) is 0 Å². The van der Waals surface area contributed by atoms with Crippen LogP contribution in [0.25, 0.3) is 0 Å². The fourth-order valence-electron chi connectivity index (χ4n) is 2.82. The molecule has 0 spiro atoms. The van der Waals surface area contributed by atoms with Crippen LogP contribution in [0.4, 0.5) is 0 Å². The SMILES string of the molecule is CC(CNCc1cc(Cl)cc(Cl)c1)CN1CCCCC1.